The molecule has 0 aliphatic heterocycles. The van der Waals surface area contributed by atoms with Gasteiger partial charge in [0.15, 0.2) is 0 Å². The molecule has 0 radical (unpaired) electrons. The highest BCUT2D eigenvalue weighted by Gasteiger charge is 2.10. The molecule has 1 unspecified atom stereocenters. The third-order valence-electron chi connectivity index (χ3n) is 2.60. The fourth-order valence-corrected chi connectivity index (χ4v) is 1.97. The SMILES string of the molecule is CCCC(C)NC(=O)Cn1cnc(C)c(Br)c1=O. The zero-order chi connectivity index (χ0) is 13.7. The third kappa shape index (κ3) is 3.94. The molecule has 1 atom stereocenters. The van der Waals surface area contributed by atoms with Gasteiger partial charge in [-0.3, -0.25) is 14.2 Å². The molecule has 0 aromatic carbocycles. The molecule has 0 aliphatic carbocycles. The van der Waals surface area contributed by atoms with E-state index in [0.29, 0.717) is 10.2 Å². The van der Waals surface area contributed by atoms with E-state index in [1.807, 2.05) is 6.92 Å². The van der Waals surface area contributed by atoms with Crippen molar-refractivity contribution in [3.8, 4) is 0 Å². The molecule has 0 saturated heterocycles. The molecule has 18 heavy (non-hydrogen) atoms. The van der Waals surface area contributed by atoms with Gasteiger partial charge >= 0.3 is 0 Å². The Balaban J connectivity index is 2.71. The molecule has 6 heteroatoms. The van der Waals surface area contributed by atoms with Crippen molar-refractivity contribution in [2.75, 3.05) is 0 Å². The predicted octanol–water partition coefficient (Wildman–Crippen LogP) is 1.62. The zero-order valence-corrected chi connectivity index (χ0v) is 12.5. The summed E-state index contributed by atoms with van der Waals surface area (Å²) in [5, 5.41) is 2.85. The van der Waals surface area contributed by atoms with Gasteiger partial charge in [0.2, 0.25) is 5.91 Å². The van der Waals surface area contributed by atoms with Gasteiger partial charge in [0.1, 0.15) is 11.0 Å². The van der Waals surface area contributed by atoms with Crippen LogP contribution in [-0.4, -0.2) is 21.5 Å². The summed E-state index contributed by atoms with van der Waals surface area (Å²) in [7, 11) is 0. The van der Waals surface area contributed by atoms with Crippen molar-refractivity contribution in [2.45, 2.75) is 46.2 Å². The fourth-order valence-electron chi connectivity index (χ4n) is 1.64. The molecule has 0 fully saturated rings. The first kappa shape index (κ1) is 14.9. The molecule has 1 aromatic rings. The van der Waals surface area contributed by atoms with Crippen LogP contribution in [0.1, 0.15) is 32.4 Å². The van der Waals surface area contributed by atoms with Gasteiger partial charge in [0.25, 0.3) is 5.56 Å². The molecular weight excluding hydrogens is 298 g/mol. The van der Waals surface area contributed by atoms with Crippen LogP contribution in [0.2, 0.25) is 0 Å². The van der Waals surface area contributed by atoms with Crippen molar-refractivity contribution in [1.82, 2.24) is 14.9 Å². The molecule has 1 amide bonds. The summed E-state index contributed by atoms with van der Waals surface area (Å²) in [4.78, 5) is 27.6. The third-order valence-corrected chi connectivity index (χ3v) is 3.51. The highest BCUT2D eigenvalue weighted by Crippen LogP contribution is 2.05. The number of carbonyl (C=O) groups excluding carboxylic acids is 1. The quantitative estimate of drug-likeness (QED) is 0.898. The van der Waals surface area contributed by atoms with E-state index in [2.05, 4.69) is 33.2 Å². The molecule has 0 bridgehead atoms. The maximum absolute atomic E-state index is 11.8. The van der Waals surface area contributed by atoms with Crippen LogP contribution in [0.5, 0.6) is 0 Å². The second kappa shape index (κ2) is 6.68. The summed E-state index contributed by atoms with van der Waals surface area (Å²) in [5.41, 5.74) is 0.386. The van der Waals surface area contributed by atoms with Crippen molar-refractivity contribution in [1.29, 1.82) is 0 Å². The molecule has 0 spiro atoms. The van der Waals surface area contributed by atoms with Crippen molar-refractivity contribution in [2.24, 2.45) is 0 Å². The largest absolute Gasteiger partial charge is 0.352 e. The van der Waals surface area contributed by atoms with Crippen molar-refractivity contribution in [3.05, 3.63) is 26.8 Å². The average Bonchev–Trinajstić information content (AvgIpc) is 2.30. The number of aromatic nitrogens is 2. The van der Waals surface area contributed by atoms with Crippen LogP contribution >= 0.6 is 15.9 Å². The number of nitrogens with one attached hydrogen (secondary N) is 1. The van der Waals surface area contributed by atoms with E-state index in [0.717, 1.165) is 12.8 Å². The summed E-state index contributed by atoms with van der Waals surface area (Å²) in [6.07, 6.45) is 3.34. The lowest BCUT2D eigenvalue weighted by molar-refractivity contribution is -0.122. The normalized spacial score (nSPS) is 12.2. The fraction of sp³-hybridized carbons (Fsp3) is 0.583. The van der Waals surface area contributed by atoms with Crippen LogP contribution in [0.3, 0.4) is 0 Å². The van der Waals surface area contributed by atoms with Gasteiger partial charge in [-0.15, -0.1) is 0 Å². The number of aryl methyl sites for hydroxylation is 1. The molecule has 0 saturated carbocycles. The number of hydrogen-bond donors (Lipinski definition) is 1. The first-order valence-corrected chi connectivity index (χ1v) is 6.76. The Kier molecular flexibility index (Phi) is 5.53. The first-order chi connectivity index (χ1) is 8.45. The van der Waals surface area contributed by atoms with E-state index in [4.69, 9.17) is 0 Å². The lowest BCUT2D eigenvalue weighted by Crippen LogP contribution is -2.37. The summed E-state index contributed by atoms with van der Waals surface area (Å²) in [6.45, 7) is 5.75. The summed E-state index contributed by atoms with van der Waals surface area (Å²) >= 11 is 3.17. The topological polar surface area (TPSA) is 64.0 Å². The van der Waals surface area contributed by atoms with Crippen LogP contribution in [-0.2, 0) is 11.3 Å². The van der Waals surface area contributed by atoms with Crippen LogP contribution in [0.25, 0.3) is 0 Å². The molecule has 1 rings (SSSR count). The van der Waals surface area contributed by atoms with Crippen molar-refractivity contribution >= 4 is 21.8 Å². The average molecular weight is 316 g/mol. The minimum atomic E-state index is -0.235. The lowest BCUT2D eigenvalue weighted by Gasteiger charge is -2.13. The first-order valence-electron chi connectivity index (χ1n) is 5.96. The number of nitrogens with zero attached hydrogens (tertiary/aromatic N) is 2. The maximum Gasteiger partial charge on any atom is 0.268 e. The minimum absolute atomic E-state index is 0.00122. The smallest absolute Gasteiger partial charge is 0.268 e. The van der Waals surface area contributed by atoms with Gasteiger partial charge in [0, 0.05) is 6.04 Å². The summed E-state index contributed by atoms with van der Waals surface area (Å²) < 4.78 is 1.70. The van der Waals surface area contributed by atoms with Crippen LogP contribution in [0.15, 0.2) is 15.6 Å². The molecule has 1 N–H and O–H groups in total. The number of hydrogen-bond acceptors (Lipinski definition) is 3. The van der Waals surface area contributed by atoms with E-state index >= 15 is 0 Å². The van der Waals surface area contributed by atoms with Gasteiger partial charge in [0.05, 0.1) is 12.0 Å². The molecular formula is C12H18BrN3O2. The van der Waals surface area contributed by atoms with E-state index in [9.17, 15) is 9.59 Å². The second-order valence-electron chi connectivity index (χ2n) is 4.33. The molecule has 1 aromatic heterocycles. The van der Waals surface area contributed by atoms with E-state index in [1.54, 1.807) is 6.92 Å². The Morgan fingerprint density at radius 1 is 1.61 bits per heavy atom. The van der Waals surface area contributed by atoms with Gasteiger partial charge < -0.3 is 5.32 Å². The Morgan fingerprint density at radius 2 is 2.28 bits per heavy atom. The number of amides is 1. The van der Waals surface area contributed by atoms with Crippen molar-refractivity contribution in [3.63, 3.8) is 0 Å². The monoisotopic (exact) mass is 315 g/mol. The molecule has 1 heterocycles. The van der Waals surface area contributed by atoms with Crippen LogP contribution in [0.4, 0.5) is 0 Å². The predicted molar refractivity (Wildman–Crippen MR) is 73.4 cm³/mol. The Morgan fingerprint density at radius 3 is 2.89 bits per heavy atom. The van der Waals surface area contributed by atoms with E-state index < -0.39 is 0 Å². The molecule has 100 valence electrons. The van der Waals surface area contributed by atoms with Gasteiger partial charge in [-0.2, -0.15) is 0 Å². The molecule has 5 nitrogen and oxygen atoms in total. The van der Waals surface area contributed by atoms with E-state index in [-0.39, 0.29) is 24.1 Å². The lowest BCUT2D eigenvalue weighted by atomic mass is 10.2. The minimum Gasteiger partial charge on any atom is -0.352 e. The van der Waals surface area contributed by atoms with Gasteiger partial charge in [-0.1, -0.05) is 13.3 Å². The number of carbonyl (C=O) groups is 1. The number of halogens is 1. The van der Waals surface area contributed by atoms with Crippen molar-refractivity contribution < 1.29 is 4.79 Å². The maximum atomic E-state index is 11.8. The summed E-state index contributed by atoms with van der Waals surface area (Å²) in [5.74, 6) is -0.171. The van der Waals surface area contributed by atoms with Gasteiger partial charge in [-0.05, 0) is 36.2 Å². The standard InChI is InChI=1S/C12H18BrN3O2/c1-4-5-8(2)15-10(17)6-16-7-14-9(3)11(13)12(16)18/h7-8H,4-6H2,1-3H3,(H,15,17). The number of rotatable bonds is 5. The molecule has 0 aliphatic rings. The Bertz CT molecular complexity index is 485. The highest BCUT2D eigenvalue weighted by atomic mass is 79.9. The zero-order valence-electron chi connectivity index (χ0n) is 10.9. The van der Waals surface area contributed by atoms with Gasteiger partial charge in [-0.25, -0.2) is 4.98 Å². The van der Waals surface area contributed by atoms with E-state index in [1.165, 1.54) is 10.9 Å². The Hall–Kier alpha value is -1.17. The van der Waals surface area contributed by atoms with Crippen LogP contribution in [0, 0.1) is 6.92 Å². The van der Waals surface area contributed by atoms with Crippen LogP contribution < -0.4 is 10.9 Å². The Labute approximate surface area is 115 Å². The summed E-state index contributed by atoms with van der Waals surface area (Å²) in [6, 6.07) is 0.125. The second-order valence-corrected chi connectivity index (χ2v) is 5.13. The highest BCUT2D eigenvalue weighted by molar-refractivity contribution is 9.10.